The summed E-state index contributed by atoms with van der Waals surface area (Å²) in [4.78, 5) is 0. The molecule has 2 fully saturated rings. The zero-order chi connectivity index (χ0) is 19.5. The van der Waals surface area contributed by atoms with E-state index in [1.54, 1.807) is 12.1 Å². The summed E-state index contributed by atoms with van der Waals surface area (Å²) >= 11 is 0. The van der Waals surface area contributed by atoms with Crippen LogP contribution in [0.3, 0.4) is 0 Å². The summed E-state index contributed by atoms with van der Waals surface area (Å²) in [6.45, 7) is 2.85. The van der Waals surface area contributed by atoms with Gasteiger partial charge in [0, 0.05) is 5.56 Å². The van der Waals surface area contributed by atoms with Crippen LogP contribution < -0.4 is 4.74 Å². The molecule has 0 aromatic heterocycles. The third-order valence-corrected chi connectivity index (χ3v) is 7.52. The van der Waals surface area contributed by atoms with Gasteiger partial charge in [-0.05, 0) is 86.3 Å². The zero-order valence-corrected chi connectivity index (χ0v) is 17.2. The smallest absolute Gasteiger partial charge is 0.201 e. The van der Waals surface area contributed by atoms with E-state index in [9.17, 15) is 8.78 Å². The predicted molar refractivity (Wildman–Crippen MR) is 110 cm³/mol. The Kier molecular flexibility index (Phi) is 6.38. The van der Waals surface area contributed by atoms with E-state index in [1.807, 2.05) is 0 Å². The minimum atomic E-state index is -0.820. The monoisotopic (exact) mass is 388 g/mol. The van der Waals surface area contributed by atoms with Crippen molar-refractivity contribution in [3.05, 3.63) is 35.4 Å². The van der Waals surface area contributed by atoms with Gasteiger partial charge >= 0.3 is 0 Å². The van der Waals surface area contributed by atoms with Crippen molar-refractivity contribution in [2.75, 3.05) is 6.61 Å². The molecule has 0 heterocycles. The SMILES string of the molecule is CC1CCC(C2CC=C(c3ccc(OCC4CCCC4)c(F)c3F)CC2)CC1. The van der Waals surface area contributed by atoms with Gasteiger partial charge in [0.15, 0.2) is 11.6 Å². The van der Waals surface area contributed by atoms with E-state index in [2.05, 4.69) is 13.0 Å². The Balaban J connectivity index is 1.39. The minimum Gasteiger partial charge on any atom is -0.490 e. The van der Waals surface area contributed by atoms with Crippen LogP contribution in [0.25, 0.3) is 5.57 Å². The molecule has 0 amide bonds. The second-order valence-electron chi connectivity index (χ2n) is 9.48. The predicted octanol–water partition coefficient (Wildman–Crippen LogP) is 7.54. The Morgan fingerprint density at radius 1 is 0.893 bits per heavy atom. The van der Waals surface area contributed by atoms with E-state index in [1.165, 1.54) is 38.5 Å². The first-order valence-electron chi connectivity index (χ1n) is 11.4. The number of allylic oxidation sites excluding steroid dienone is 2. The lowest BCUT2D eigenvalue weighted by Gasteiger charge is -2.34. The van der Waals surface area contributed by atoms with E-state index in [-0.39, 0.29) is 5.75 Å². The summed E-state index contributed by atoms with van der Waals surface area (Å²) in [5.74, 6) is 1.42. The number of halogens is 2. The number of benzene rings is 1. The van der Waals surface area contributed by atoms with Crippen LogP contribution >= 0.6 is 0 Å². The molecule has 1 unspecified atom stereocenters. The maximum absolute atomic E-state index is 14.7. The molecule has 28 heavy (non-hydrogen) atoms. The molecule has 1 nitrogen and oxygen atoms in total. The fourth-order valence-corrected chi connectivity index (χ4v) is 5.56. The second-order valence-corrected chi connectivity index (χ2v) is 9.48. The highest BCUT2D eigenvalue weighted by atomic mass is 19.2. The minimum absolute atomic E-state index is 0.0683. The van der Waals surface area contributed by atoms with Crippen molar-refractivity contribution in [3.8, 4) is 5.75 Å². The fraction of sp³-hybridized carbons (Fsp3) is 0.680. The molecule has 1 aromatic carbocycles. The Morgan fingerprint density at radius 2 is 1.64 bits per heavy atom. The molecule has 1 atom stereocenters. The van der Waals surface area contributed by atoms with Crippen molar-refractivity contribution in [2.24, 2.45) is 23.7 Å². The average Bonchev–Trinajstić information content (AvgIpc) is 3.24. The third-order valence-electron chi connectivity index (χ3n) is 7.52. The summed E-state index contributed by atoms with van der Waals surface area (Å²) in [5, 5.41) is 0. The Hall–Kier alpha value is -1.38. The van der Waals surface area contributed by atoms with Crippen molar-refractivity contribution >= 4 is 5.57 Å². The summed E-state index contributed by atoms with van der Waals surface area (Å²) in [7, 11) is 0. The lowest BCUT2D eigenvalue weighted by atomic mass is 9.71. The maximum Gasteiger partial charge on any atom is 0.201 e. The van der Waals surface area contributed by atoms with E-state index < -0.39 is 11.6 Å². The molecule has 2 saturated carbocycles. The van der Waals surface area contributed by atoms with Crippen molar-refractivity contribution < 1.29 is 13.5 Å². The van der Waals surface area contributed by atoms with Crippen molar-refractivity contribution in [1.29, 1.82) is 0 Å². The quantitative estimate of drug-likeness (QED) is 0.506. The second kappa shape index (κ2) is 8.97. The maximum atomic E-state index is 14.7. The first kappa shape index (κ1) is 19.9. The molecule has 154 valence electrons. The van der Waals surface area contributed by atoms with Crippen molar-refractivity contribution in [2.45, 2.75) is 77.6 Å². The molecule has 0 aliphatic heterocycles. The summed E-state index contributed by atoms with van der Waals surface area (Å²) in [6, 6.07) is 3.34. The lowest BCUT2D eigenvalue weighted by Crippen LogP contribution is -2.22. The van der Waals surface area contributed by atoms with Gasteiger partial charge in [0.2, 0.25) is 5.82 Å². The number of hydrogen-bond acceptors (Lipinski definition) is 1. The van der Waals surface area contributed by atoms with Crippen molar-refractivity contribution in [3.63, 3.8) is 0 Å². The van der Waals surface area contributed by atoms with Gasteiger partial charge in [0.25, 0.3) is 0 Å². The molecule has 0 saturated heterocycles. The summed E-state index contributed by atoms with van der Waals surface area (Å²) in [6.07, 6.45) is 15.2. The molecule has 4 rings (SSSR count). The first-order chi connectivity index (χ1) is 13.6. The van der Waals surface area contributed by atoms with Crippen LogP contribution in [0, 0.1) is 35.3 Å². The van der Waals surface area contributed by atoms with Crippen LogP contribution in [-0.2, 0) is 0 Å². The van der Waals surface area contributed by atoms with Crippen LogP contribution in [0.4, 0.5) is 8.78 Å². The van der Waals surface area contributed by atoms with Gasteiger partial charge in [0.05, 0.1) is 6.61 Å². The van der Waals surface area contributed by atoms with Gasteiger partial charge in [-0.3, -0.25) is 0 Å². The van der Waals surface area contributed by atoms with Crippen LogP contribution in [0.2, 0.25) is 0 Å². The van der Waals surface area contributed by atoms with Gasteiger partial charge in [0.1, 0.15) is 0 Å². The van der Waals surface area contributed by atoms with Crippen LogP contribution in [0.15, 0.2) is 18.2 Å². The van der Waals surface area contributed by atoms with Crippen LogP contribution in [-0.4, -0.2) is 6.61 Å². The zero-order valence-electron chi connectivity index (χ0n) is 17.2. The summed E-state index contributed by atoms with van der Waals surface area (Å²) in [5.41, 5.74) is 1.40. The molecule has 0 radical (unpaired) electrons. The fourth-order valence-electron chi connectivity index (χ4n) is 5.56. The molecule has 0 spiro atoms. The summed E-state index contributed by atoms with van der Waals surface area (Å²) < 4.78 is 34.9. The third kappa shape index (κ3) is 4.44. The van der Waals surface area contributed by atoms with E-state index in [0.717, 1.165) is 55.4 Å². The highest BCUT2D eigenvalue weighted by molar-refractivity contribution is 5.67. The Labute approximate surface area is 168 Å². The van der Waals surface area contributed by atoms with Crippen molar-refractivity contribution in [1.82, 2.24) is 0 Å². The highest BCUT2D eigenvalue weighted by Gasteiger charge is 2.28. The largest absolute Gasteiger partial charge is 0.490 e. The van der Waals surface area contributed by atoms with Gasteiger partial charge in [-0.25, -0.2) is 4.39 Å². The van der Waals surface area contributed by atoms with E-state index in [0.29, 0.717) is 18.1 Å². The lowest BCUT2D eigenvalue weighted by molar-refractivity contribution is 0.202. The normalized spacial score (nSPS) is 29.0. The average molecular weight is 389 g/mol. The topological polar surface area (TPSA) is 9.23 Å². The van der Waals surface area contributed by atoms with Gasteiger partial charge < -0.3 is 4.74 Å². The molecule has 0 N–H and O–H groups in total. The molecular weight excluding hydrogens is 354 g/mol. The number of rotatable bonds is 5. The highest BCUT2D eigenvalue weighted by Crippen LogP contribution is 2.42. The van der Waals surface area contributed by atoms with Gasteiger partial charge in [-0.1, -0.05) is 38.7 Å². The molecule has 0 bridgehead atoms. The van der Waals surface area contributed by atoms with E-state index >= 15 is 0 Å². The Bertz CT molecular complexity index is 697. The molecule has 3 heteroatoms. The van der Waals surface area contributed by atoms with Gasteiger partial charge in [-0.15, -0.1) is 0 Å². The number of ether oxygens (including phenoxy) is 1. The van der Waals surface area contributed by atoms with Crippen LogP contribution in [0.1, 0.15) is 83.1 Å². The molecule has 3 aliphatic carbocycles. The Morgan fingerprint density at radius 3 is 2.32 bits per heavy atom. The first-order valence-corrected chi connectivity index (χ1v) is 11.4. The van der Waals surface area contributed by atoms with Gasteiger partial charge in [-0.2, -0.15) is 4.39 Å². The number of hydrogen-bond donors (Lipinski definition) is 0. The standard InChI is InChI=1S/C25H34F2O/c1-17-6-8-19(9-7-17)20-10-12-21(13-11-20)22-14-15-23(25(27)24(22)26)28-16-18-4-2-3-5-18/h12,14-15,17-20H,2-11,13,16H2,1H3. The van der Waals surface area contributed by atoms with E-state index in [4.69, 9.17) is 4.74 Å². The molecule has 1 aromatic rings. The molecule has 3 aliphatic rings. The van der Waals surface area contributed by atoms with Crippen LogP contribution in [0.5, 0.6) is 5.75 Å². The molecular formula is C25H34F2O.